The average molecular weight is 322 g/mol. The summed E-state index contributed by atoms with van der Waals surface area (Å²) in [5, 5.41) is 20.0. The topological polar surface area (TPSA) is 79.2 Å². The van der Waals surface area contributed by atoms with Crippen molar-refractivity contribution in [2.75, 3.05) is 13.1 Å². The molecule has 0 radical (unpaired) electrons. The standard InChI is InChI=1S/C17H30N4O2/c1-17(23,15-11-20-21(2)12-15)13-19-16(22)18-10-6-9-14-7-4-3-5-8-14/h11-12,14,23H,3-10,13H2,1-2H3,(H2,18,19,22). The van der Waals surface area contributed by atoms with Gasteiger partial charge in [0, 0.05) is 25.4 Å². The Kier molecular flexibility index (Phi) is 6.45. The summed E-state index contributed by atoms with van der Waals surface area (Å²) in [7, 11) is 1.80. The number of aryl methyl sites for hydroxylation is 1. The van der Waals surface area contributed by atoms with Crippen molar-refractivity contribution in [3.63, 3.8) is 0 Å². The van der Waals surface area contributed by atoms with Crippen LogP contribution in [0.1, 0.15) is 57.4 Å². The molecule has 2 amide bonds. The van der Waals surface area contributed by atoms with E-state index in [2.05, 4.69) is 15.7 Å². The summed E-state index contributed by atoms with van der Waals surface area (Å²) in [5.74, 6) is 0.847. The Hall–Kier alpha value is -1.56. The molecule has 1 aromatic heterocycles. The van der Waals surface area contributed by atoms with E-state index in [1.807, 2.05) is 0 Å². The van der Waals surface area contributed by atoms with Crippen molar-refractivity contribution in [2.24, 2.45) is 13.0 Å². The van der Waals surface area contributed by atoms with E-state index in [-0.39, 0.29) is 12.6 Å². The van der Waals surface area contributed by atoms with E-state index in [1.165, 1.54) is 38.5 Å². The van der Waals surface area contributed by atoms with Crippen LogP contribution in [0.25, 0.3) is 0 Å². The Bertz CT molecular complexity index is 493. The molecule has 1 fully saturated rings. The lowest BCUT2D eigenvalue weighted by Gasteiger charge is -2.23. The van der Waals surface area contributed by atoms with E-state index in [1.54, 1.807) is 31.0 Å². The Balaban J connectivity index is 1.61. The molecule has 1 aliphatic rings. The fraction of sp³-hybridized carbons (Fsp3) is 0.765. The van der Waals surface area contributed by atoms with Gasteiger partial charge in [0.25, 0.3) is 0 Å². The number of amides is 2. The van der Waals surface area contributed by atoms with E-state index >= 15 is 0 Å². The molecule has 6 heteroatoms. The molecule has 0 spiro atoms. The van der Waals surface area contributed by atoms with Gasteiger partial charge in [0.2, 0.25) is 0 Å². The van der Waals surface area contributed by atoms with Crippen LogP contribution in [0.2, 0.25) is 0 Å². The predicted octanol–water partition coefficient (Wildman–Crippen LogP) is 2.29. The summed E-state index contributed by atoms with van der Waals surface area (Å²) >= 11 is 0. The van der Waals surface area contributed by atoms with Crippen molar-refractivity contribution in [1.29, 1.82) is 0 Å². The average Bonchev–Trinajstić information content (AvgIpc) is 2.98. The number of carbonyl (C=O) groups excluding carboxylic acids is 1. The maximum absolute atomic E-state index is 11.8. The Morgan fingerprint density at radius 1 is 1.39 bits per heavy atom. The van der Waals surface area contributed by atoms with Gasteiger partial charge in [0.15, 0.2) is 0 Å². The molecule has 0 saturated heterocycles. The van der Waals surface area contributed by atoms with Crippen molar-refractivity contribution in [1.82, 2.24) is 20.4 Å². The second kappa shape index (κ2) is 8.34. The number of nitrogens with zero attached hydrogens (tertiary/aromatic N) is 2. The molecule has 2 rings (SSSR count). The van der Waals surface area contributed by atoms with Crippen LogP contribution in [0.15, 0.2) is 12.4 Å². The van der Waals surface area contributed by atoms with Gasteiger partial charge in [-0.15, -0.1) is 0 Å². The fourth-order valence-corrected chi connectivity index (χ4v) is 3.18. The molecule has 0 aliphatic heterocycles. The van der Waals surface area contributed by atoms with Crippen molar-refractivity contribution < 1.29 is 9.90 Å². The molecule has 3 N–H and O–H groups in total. The summed E-state index contributed by atoms with van der Waals surface area (Å²) in [4.78, 5) is 11.8. The van der Waals surface area contributed by atoms with Crippen LogP contribution in [0.4, 0.5) is 4.79 Å². The number of urea groups is 1. The smallest absolute Gasteiger partial charge is 0.314 e. The lowest BCUT2D eigenvalue weighted by atomic mass is 9.86. The number of aromatic nitrogens is 2. The van der Waals surface area contributed by atoms with Gasteiger partial charge in [0.1, 0.15) is 5.60 Å². The highest BCUT2D eigenvalue weighted by atomic mass is 16.3. The predicted molar refractivity (Wildman–Crippen MR) is 90.0 cm³/mol. The Labute approximate surface area is 138 Å². The monoisotopic (exact) mass is 322 g/mol. The van der Waals surface area contributed by atoms with Crippen LogP contribution in [-0.2, 0) is 12.6 Å². The number of hydrogen-bond acceptors (Lipinski definition) is 3. The number of aliphatic hydroxyl groups is 1. The maximum Gasteiger partial charge on any atom is 0.314 e. The molecule has 6 nitrogen and oxygen atoms in total. The van der Waals surface area contributed by atoms with Crippen LogP contribution in [0.3, 0.4) is 0 Å². The lowest BCUT2D eigenvalue weighted by Crippen LogP contribution is -2.43. The maximum atomic E-state index is 11.8. The van der Waals surface area contributed by atoms with Crippen LogP contribution in [0, 0.1) is 5.92 Å². The normalized spacial score (nSPS) is 18.4. The molecule has 1 aromatic rings. The SMILES string of the molecule is Cn1cc(C(C)(O)CNC(=O)NCCCC2CCCCC2)cn1. The second-order valence-corrected chi connectivity index (χ2v) is 6.93. The lowest BCUT2D eigenvalue weighted by molar-refractivity contribution is 0.0593. The third-order valence-electron chi connectivity index (χ3n) is 4.72. The van der Waals surface area contributed by atoms with Crippen LogP contribution >= 0.6 is 0 Å². The Morgan fingerprint density at radius 2 is 2.13 bits per heavy atom. The molecule has 1 heterocycles. The molecule has 0 bridgehead atoms. The van der Waals surface area contributed by atoms with E-state index in [0.29, 0.717) is 12.1 Å². The summed E-state index contributed by atoms with van der Waals surface area (Å²) in [5.41, 5.74) is -0.425. The van der Waals surface area contributed by atoms with Gasteiger partial charge in [0.05, 0.1) is 12.7 Å². The first-order valence-corrected chi connectivity index (χ1v) is 8.70. The zero-order valence-electron chi connectivity index (χ0n) is 14.3. The molecule has 0 aromatic carbocycles. The number of hydrogen-bond donors (Lipinski definition) is 3. The minimum atomic E-state index is -1.12. The summed E-state index contributed by atoms with van der Waals surface area (Å²) in [6.45, 7) is 2.53. The van der Waals surface area contributed by atoms with Crippen molar-refractivity contribution in [2.45, 2.75) is 57.5 Å². The second-order valence-electron chi connectivity index (χ2n) is 6.93. The first kappa shape index (κ1) is 17.8. The third-order valence-corrected chi connectivity index (χ3v) is 4.72. The van der Waals surface area contributed by atoms with Crippen LogP contribution in [0.5, 0.6) is 0 Å². The van der Waals surface area contributed by atoms with Crippen LogP contribution < -0.4 is 10.6 Å². The van der Waals surface area contributed by atoms with E-state index in [4.69, 9.17) is 0 Å². The first-order chi connectivity index (χ1) is 11.0. The minimum Gasteiger partial charge on any atom is -0.383 e. The quantitative estimate of drug-likeness (QED) is 0.674. The number of rotatable bonds is 7. The van der Waals surface area contributed by atoms with E-state index < -0.39 is 5.60 Å². The highest BCUT2D eigenvalue weighted by Gasteiger charge is 2.25. The van der Waals surface area contributed by atoms with Gasteiger partial charge in [-0.05, 0) is 25.7 Å². The molecule has 1 atom stereocenters. The van der Waals surface area contributed by atoms with Gasteiger partial charge in [-0.25, -0.2) is 4.79 Å². The highest BCUT2D eigenvalue weighted by molar-refractivity contribution is 5.73. The van der Waals surface area contributed by atoms with Gasteiger partial charge < -0.3 is 15.7 Å². The summed E-state index contributed by atoms with van der Waals surface area (Å²) in [6.07, 6.45) is 12.4. The molecule has 1 saturated carbocycles. The molecular formula is C17H30N4O2. The zero-order chi connectivity index (χ0) is 16.7. The number of carbonyl (C=O) groups is 1. The minimum absolute atomic E-state index is 0.160. The van der Waals surface area contributed by atoms with E-state index in [0.717, 1.165) is 12.3 Å². The van der Waals surface area contributed by atoms with Crippen LogP contribution in [-0.4, -0.2) is 34.0 Å². The summed E-state index contributed by atoms with van der Waals surface area (Å²) in [6, 6.07) is -0.224. The summed E-state index contributed by atoms with van der Waals surface area (Å²) < 4.78 is 1.63. The van der Waals surface area contributed by atoms with E-state index in [9.17, 15) is 9.90 Å². The fourth-order valence-electron chi connectivity index (χ4n) is 3.18. The van der Waals surface area contributed by atoms with Crippen molar-refractivity contribution >= 4 is 6.03 Å². The Morgan fingerprint density at radius 3 is 2.78 bits per heavy atom. The molecule has 1 aliphatic carbocycles. The third kappa shape index (κ3) is 5.86. The molecule has 1 unspecified atom stereocenters. The highest BCUT2D eigenvalue weighted by Crippen LogP contribution is 2.26. The van der Waals surface area contributed by atoms with Gasteiger partial charge in [-0.2, -0.15) is 5.10 Å². The van der Waals surface area contributed by atoms with Crippen molar-refractivity contribution in [3.05, 3.63) is 18.0 Å². The molecule has 130 valence electrons. The van der Waals surface area contributed by atoms with Gasteiger partial charge in [-0.3, -0.25) is 4.68 Å². The molecule has 23 heavy (non-hydrogen) atoms. The largest absolute Gasteiger partial charge is 0.383 e. The zero-order valence-corrected chi connectivity index (χ0v) is 14.3. The van der Waals surface area contributed by atoms with Crippen molar-refractivity contribution in [3.8, 4) is 0 Å². The molecular weight excluding hydrogens is 292 g/mol. The number of nitrogens with one attached hydrogen (secondary N) is 2. The first-order valence-electron chi connectivity index (χ1n) is 8.70. The van der Waals surface area contributed by atoms with Gasteiger partial charge >= 0.3 is 6.03 Å². The van der Waals surface area contributed by atoms with Gasteiger partial charge in [-0.1, -0.05) is 32.1 Å².